The van der Waals surface area contributed by atoms with Gasteiger partial charge in [0.25, 0.3) is 0 Å². The predicted octanol–water partition coefficient (Wildman–Crippen LogP) is 2.45. The molecule has 1 aliphatic carbocycles. The Morgan fingerprint density at radius 1 is 1.42 bits per heavy atom. The van der Waals surface area contributed by atoms with Crippen LogP contribution >= 0.6 is 0 Å². The molecule has 0 amide bonds. The normalized spacial score (nSPS) is 25.3. The summed E-state index contributed by atoms with van der Waals surface area (Å²) >= 11 is 0. The number of ketones is 1. The molecule has 1 unspecified atom stereocenters. The fourth-order valence-corrected chi connectivity index (χ4v) is 1.54. The number of aliphatic hydroxyl groups excluding tert-OH is 1. The molecule has 0 aromatic rings. The van der Waals surface area contributed by atoms with Gasteiger partial charge in [-0.3, -0.25) is 4.79 Å². The molecule has 1 N–H and O–H groups in total. The van der Waals surface area contributed by atoms with E-state index < -0.39 is 0 Å². The number of carbonyl (C=O) groups excluding carboxylic acids is 1. The number of allylic oxidation sites excluding steroid dienone is 2. The molecular weight excluding hydrogens is 152 g/mol. The van der Waals surface area contributed by atoms with Crippen LogP contribution in [0.4, 0.5) is 0 Å². The molecule has 0 fully saturated rings. The van der Waals surface area contributed by atoms with Crippen LogP contribution in [0.15, 0.2) is 11.3 Å². The van der Waals surface area contributed by atoms with Crippen LogP contribution in [0.1, 0.15) is 34.1 Å². The summed E-state index contributed by atoms with van der Waals surface area (Å²) in [6.45, 7) is 7.79. The van der Waals surface area contributed by atoms with E-state index in [4.69, 9.17) is 0 Å². The fourth-order valence-electron chi connectivity index (χ4n) is 1.54. The van der Waals surface area contributed by atoms with E-state index in [2.05, 4.69) is 0 Å². The summed E-state index contributed by atoms with van der Waals surface area (Å²) in [5.41, 5.74) is 0.512. The maximum Gasteiger partial charge on any atom is 0.165 e. The minimum Gasteiger partial charge on any atom is -0.512 e. The number of aliphatic hydroxyl groups is 1. The maximum absolute atomic E-state index is 11.5. The van der Waals surface area contributed by atoms with Gasteiger partial charge in [0.15, 0.2) is 5.78 Å². The zero-order chi connectivity index (χ0) is 9.52. The van der Waals surface area contributed by atoms with Crippen molar-refractivity contribution in [3.63, 3.8) is 0 Å². The summed E-state index contributed by atoms with van der Waals surface area (Å²) < 4.78 is 0. The number of rotatable bonds is 0. The largest absolute Gasteiger partial charge is 0.512 e. The van der Waals surface area contributed by atoms with Crippen LogP contribution in [0.25, 0.3) is 0 Å². The van der Waals surface area contributed by atoms with Crippen LogP contribution < -0.4 is 0 Å². The van der Waals surface area contributed by atoms with Crippen molar-refractivity contribution < 1.29 is 9.90 Å². The highest BCUT2D eigenvalue weighted by Crippen LogP contribution is 2.38. The molecule has 0 spiro atoms. The first kappa shape index (κ1) is 9.30. The van der Waals surface area contributed by atoms with Crippen molar-refractivity contribution >= 4 is 5.78 Å². The fraction of sp³-hybridized carbons (Fsp3) is 0.700. The standard InChI is InChI=1S/C10H16O2/c1-6-8(11)5-7(9(6)12)10(2,3)4/h7,11H,5H2,1-4H3. The zero-order valence-corrected chi connectivity index (χ0v) is 8.14. The third kappa shape index (κ3) is 1.38. The zero-order valence-electron chi connectivity index (χ0n) is 8.14. The first-order valence-corrected chi connectivity index (χ1v) is 4.27. The highest BCUT2D eigenvalue weighted by atomic mass is 16.3. The minimum absolute atomic E-state index is 0.0301. The molecule has 0 saturated carbocycles. The van der Waals surface area contributed by atoms with Gasteiger partial charge in [-0.2, -0.15) is 0 Å². The Bertz CT molecular complexity index is 243. The molecule has 1 atom stereocenters. The quantitative estimate of drug-likeness (QED) is 0.603. The Labute approximate surface area is 73.3 Å². The lowest BCUT2D eigenvalue weighted by Gasteiger charge is -2.25. The molecule has 0 aromatic heterocycles. The topological polar surface area (TPSA) is 37.3 Å². The van der Waals surface area contributed by atoms with Crippen molar-refractivity contribution in [1.29, 1.82) is 0 Å². The number of hydrogen-bond acceptors (Lipinski definition) is 2. The van der Waals surface area contributed by atoms with Gasteiger partial charge < -0.3 is 5.11 Å². The first-order chi connectivity index (χ1) is 5.34. The molecule has 2 nitrogen and oxygen atoms in total. The molecule has 0 radical (unpaired) electrons. The second kappa shape index (κ2) is 2.61. The monoisotopic (exact) mass is 168 g/mol. The van der Waals surface area contributed by atoms with Gasteiger partial charge in [-0.05, 0) is 12.3 Å². The second-order valence-corrected chi connectivity index (χ2v) is 4.56. The van der Waals surface area contributed by atoms with Gasteiger partial charge in [0.05, 0.1) is 5.76 Å². The van der Waals surface area contributed by atoms with E-state index in [1.807, 2.05) is 20.8 Å². The van der Waals surface area contributed by atoms with E-state index in [-0.39, 0.29) is 22.9 Å². The Balaban J connectivity index is 2.88. The van der Waals surface area contributed by atoms with Gasteiger partial charge in [0.2, 0.25) is 0 Å². The minimum atomic E-state index is -0.0389. The summed E-state index contributed by atoms with van der Waals surface area (Å²) in [7, 11) is 0. The van der Waals surface area contributed by atoms with Crippen LogP contribution in [-0.2, 0) is 4.79 Å². The molecule has 0 aliphatic heterocycles. The van der Waals surface area contributed by atoms with Crippen LogP contribution in [0, 0.1) is 11.3 Å². The van der Waals surface area contributed by atoms with Crippen LogP contribution in [-0.4, -0.2) is 10.9 Å². The van der Waals surface area contributed by atoms with E-state index in [9.17, 15) is 9.90 Å². The Morgan fingerprint density at radius 2 is 1.92 bits per heavy atom. The maximum atomic E-state index is 11.5. The average molecular weight is 168 g/mol. The van der Waals surface area contributed by atoms with Gasteiger partial charge >= 0.3 is 0 Å². The molecular formula is C10H16O2. The van der Waals surface area contributed by atoms with Gasteiger partial charge in [-0.15, -0.1) is 0 Å². The van der Waals surface area contributed by atoms with E-state index in [0.717, 1.165) is 0 Å². The second-order valence-electron chi connectivity index (χ2n) is 4.56. The Morgan fingerprint density at radius 3 is 2.08 bits per heavy atom. The summed E-state index contributed by atoms with van der Waals surface area (Å²) in [6, 6.07) is 0. The SMILES string of the molecule is CC1=C(O)CC(C(C)(C)C)C1=O. The number of hydrogen-bond donors (Lipinski definition) is 1. The molecule has 0 heterocycles. The molecule has 68 valence electrons. The Hall–Kier alpha value is -0.790. The lowest BCUT2D eigenvalue weighted by molar-refractivity contribution is -0.121. The van der Waals surface area contributed by atoms with Crippen molar-refractivity contribution in [2.75, 3.05) is 0 Å². The van der Waals surface area contributed by atoms with E-state index in [1.165, 1.54) is 0 Å². The van der Waals surface area contributed by atoms with Gasteiger partial charge in [0.1, 0.15) is 0 Å². The lowest BCUT2D eigenvalue weighted by Crippen LogP contribution is -2.25. The van der Waals surface area contributed by atoms with E-state index >= 15 is 0 Å². The van der Waals surface area contributed by atoms with E-state index in [1.54, 1.807) is 6.92 Å². The van der Waals surface area contributed by atoms with Crippen molar-refractivity contribution in [2.45, 2.75) is 34.1 Å². The average Bonchev–Trinajstić information content (AvgIpc) is 2.15. The van der Waals surface area contributed by atoms with Gasteiger partial charge in [0, 0.05) is 17.9 Å². The van der Waals surface area contributed by atoms with Crippen molar-refractivity contribution in [3.05, 3.63) is 11.3 Å². The molecule has 0 saturated heterocycles. The van der Waals surface area contributed by atoms with Crippen LogP contribution in [0.3, 0.4) is 0 Å². The highest BCUT2D eigenvalue weighted by molar-refractivity contribution is 6.00. The van der Waals surface area contributed by atoms with Gasteiger partial charge in [-0.1, -0.05) is 20.8 Å². The molecule has 2 heteroatoms. The predicted molar refractivity (Wildman–Crippen MR) is 47.9 cm³/mol. The smallest absolute Gasteiger partial charge is 0.165 e. The molecule has 12 heavy (non-hydrogen) atoms. The van der Waals surface area contributed by atoms with Crippen LogP contribution in [0.5, 0.6) is 0 Å². The highest BCUT2D eigenvalue weighted by Gasteiger charge is 2.38. The van der Waals surface area contributed by atoms with Gasteiger partial charge in [-0.25, -0.2) is 0 Å². The number of carbonyl (C=O) groups is 1. The summed E-state index contributed by atoms with van der Waals surface area (Å²) in [4.78, 5) is 11.5. The Kier molecular flexibility index (Phi) is 2.02. The third-order valence-electron chi connectivity index (χ3n) is 2.56. The summed E-state index contributed by atoms with van der Waals surface area (Å²) in [6.07, 6.45) is 0.522. The summed E-state index contributed by atoms with van der Waals surface area (Å²) in [5.74, 6) is 0.359. The molecule has 0 bridgehead atoms. The van der Waals surface area contributed by atoms with E-state index in [0.29, 0.717) is 12.0 Å². The number of Topliss-reactive ketones (excluding diaryl/α,β-unsaturated/α-hetero) is 1. The molecule has 1 rings (SSSR count). The van der Waals surface area contributed by atoms with Crippen molar-refractivity contribution in [2.24, 2.45) is 11.3 Å². The van der Waals surface area contributed by atoms with Crippen molar-refractivity contribution in [3.8, 4) is 0 Å². The lowest BCUT2D eigenvalue weighted by atomic mass is 9.78. The first-order valence-electron chi connectivity index (χ1n) is 4.27. The molecule has 0 aromatic carbocycles. The molecule has 1 aliphatic rings. The van der Waals surface area contributed by atoms with Crippen LogP contribution in [0.2, 0.25) is 0 Å². The summed E-state index contributed by atoms with van der Waals surface area (Å²) in [5, 5.41) is 9.36. The van der Waals surface area contributed by atoms with Crippen molar-refractivity contribution in [1.82, 2.24) is 0 Å². The third-order valence-corrected chi connectivity index (χ3v) is 2.56.